The van der Waals surface area contributed by atoms with Crippen molar-refractivity contribution in [3.63, 3.8) is 0 Å². The Morgan fingerprint density at radius 1 is 0.934 bits per heavy atom. The lowest BCUT2D eigenvalue weighted by Gasteiger charge is -2.68. The van der Waals surface area contributed by atoms with Crippen molar-refractivity contribution in [2.45, 2.75) is 163 Å². The lowest BCUT2D eigenvalue weighted by molar-refractivity contribution is -0.342. The van der Waals surface area contributed by atoms with E-state index in [1.807, 2.05) is 75.7 Å². The Morgan fingerprint density at radius 2 is 1.70 bits per heavy atom. The normalized spacial score (nSPS) is 36.0. The number of carbonyl (C=O) groups is 2. The minimum Gasteiger partial charge on any atom is -0.458 e. The largest absolute Gasteiger partial charge is 0.458 e. The first-order valence-electron chi connectivity index (χ1n) is 32.2. The first kappa shape index (κ1) is 67.1. The van der Waals surface area contributed by atoms with Crippen molar-refractivity contribution in [2.75, 3.05) is 61.0 Å². The summed E-state index contributed by atoms with van der Waals surface area (Å²) < 4.78 is 49.9. The van der Waals surface area contributed by atoms with Gasteiger partial charge in [0, 0.05) is 103 Å². The molecule has 2 saturated heterocycles. The highest BCUT2D eigenvalue weighted by Crippen LogP contribution is 2.71. The molecule has 8 aliphatic rings. The second-order valence-electron chi connectivity index (χ2n) is 27.9. The van der Waals surface area contributed by atoms with E-state index < -0.39 is 105 Å². The number of nitrogens with zero attached hydrogens (tertiary/aromatic N) is 3. The Kier molecular flexibility index (Phi) is 19.5. The van der Waals surface area contributed by atoms with Crippen molar-refractivity contribution in [1.29, 1.82) is 0 Å². The Balaban J connectivity index is 0.000000149. The number of hydrogen-bond acceptors (Lipinski definition) is 18. The number of aliphatic hydroxyl groups excluding tert-OH is 6. The fraction of sp³-hybridized carbons (Fsp3) is 0.618. The number of aromatic amines is 1. The van der Waals surface area contributed by atoms with E-state index >= 15 is 0 Å². The zero-order chi connectivity index (χ0) is 65.1. The van der Waals surface area contributed by atoms with Gasteiger partial charge >= 0.3 is 12.1 Å². The first-order chi connectivity index (χ1) is 43.2. The van der Waals surface area contributed by atoms with E-state index in [4.69, 9.17) is 18.9 Å². The molecule has 6 fully saturated rings. The molecule has 5 aromatic rings. The van der Waals surface area contributed by atoms with Crippen LogP contribution < -0.4 is 10.0 Å². The van der Waals surface area contributed by atoms with Crippen LogP contribution in [0.4, 0.5) is 4.79 Å². The van der Waals surface area contributed by atoms with Gasteiger partial charge in [-0.15, -0.1) is 0 Å². The second-order valence-corrected chi connectivity index (χ2v) is 29.8. The van der Waals surface area contributed by atoms with Crippen LogP contribution in [0.3, 0.4) is 0 Å². The summed E-state index contributed by atoms with van der Waals surface area (Å²) in [4.78, 5) is 31.9. The Bertz CT molecular complexity index is 3570. The van der Waals surface area contributed by atoms with Crippen LogP contribution in [0.5, 0.6) is 0 Å². The zero-order valence-electron chi connectivity index (χ0n) is 53.3. The molecule has 23 heteroatoms. The number of nitrogens with one attached hydrogen (secondary N) is 3. The number of sulfonamides is 1. The molecule has 5 aliphatic carbocycles. The van der Waals surface area contributed by atoms with E-state index in [0.29, 0.717) is 50.3 Å². The van der Waals surface area contributed by atoms with Crippen LogP contribution in [0.25, 0.3) is 21.8 Å². The standard InChI is InChI=1S/C29H44O12.C25H29N3O2.C14H21N3O2S/c1-13-22(34)23(35)24(36)25(40-13)41-15-8-19(32)28(12-30)21-17(3-5-27(28,37)9-15)29(38)6-4-16(14-7-20(33)39-11-14)26(29,2)10-18(21)31;1-27-14-18(13-26-25(29)30-16-17-7-4-3-5-8-17)11-21-20-9-6-10-22-24(20)19(12-23(21)27)15-28(22)2;1-15-20(18,19)10-11-4-5-14-13(8-11)12(9-16-14)6-7-17(2)3/h7,13,15-19,21-25,30-32,34-38H,3-6,8-12H2,1-2H3;3-10,15,18,21,23H,11-14,16H2,1-2H3,(H,26,29);4-5,8-9,15-16H,6-7,10H2,1-3H3/t13-,15-,16+,17+,18+,19+,21+,22-,23+,24+,25-,26+,27-,28+,29-;18-,21+,23+;/m00./s1. The number of likely N-dealkylation sites (tertiary alicyclic amines) is 1. The number of likely N-dealkylation sites (N-methyl/N-ethyl adjacent to an activating group) is 2. The number of ether oxygens (including phenoxy) is 4. The number of aromatic nitrogens is 2. The van der Waals surface area contributed by atoms with E-state index in [1.54, 1.807) is 0 Å². The van der Waals surface area contributed by atoms with Gasteiger partial charge in [-0.1, -0.05) is 55.5 Å². The summed E-state index contributed by atoms with van der Waals surface area (Å²) in [6.45, 7) is 5.92. The number of esters is 1. The molecule has 0 radical (unpaired) electrons. The van der Waals surface area contributed by atoms with Gasteiger partial charge in [0.05, 0.1) is 53.4 Å². The maximum Gasteiger partial charge on any atom is 0.407 e. The maximum absolute atomic E-state index is 12.4. The van der Waals surface area contributed by atoms with Crippen LogP contribution in [0, 0.1) is 34.5 Å². The van der Waals surface area contributed by atoms with E-state index in [0.717, 1.165) is 60.0 Å². The van der Waals surface area contributed by atoms with Crippen molar-refractivity contribution in [3.05, 3.63) is 119 Å². The number of cyclic esters (lactones) is 1. The number of rotatable bonds is 14. The second kappa shape index (κ2) is 26.4. The van der Waals surface area contributed by atoms with Gasteiger partial charge in [0.1, 0.15) is 31.5 Å². The van der Waals surface area contributed by atoms with E-state index in [1.165, 1.54) is 47.6 Å². The number of alkyl carbamates (subject to hydrolysis) is 1. The average molecular weight is 1280 g/mol. The third kappa shape index (κ3) is 12.7. The topological polar surface area (TPSA) is 318 Å². The molecular formula is C68H94N6O16S. The quantitative estimate of drug-likeness (QED) is 0.0555. The summed E-state index contributed by atoms with van der Waals surface area (Å²) in [5, 5.41) is 95.1. The molecule has 0 unspecified atom stereocenters. The van der Waals surface area contributed by atoms with Gasteiger partial charge in [-0.25, -0.2) is 22.7 Å². The molecule has 4 saturated carbocycles. The van der Waals surface area contributed by atoms with Gasteiger partial charge in [-0.3, -0.25) is 0 Å². The molecule has 0 bridgehead atoms. The maximum atomic E-state index is 12.4. The van der Waals surface area contributed by atoms with Gasteiger partial charge in [0.15, 0.2) is 6.29 Å². The molecule has 498 valence electrons. The molecule has 0 spiro atoms. The summed E-state index contributed by atoms with van der Waals surface area (Å²) in [7, 11) is 6.66. The minimum atomic E-state index is -3.23. The Labute approximate surface area is 532 Å². The summed E-state index contributed by atoms with van der Waals surface area (Å²) in [6, 6.07) is 22.8. The number of hydrogen-bond donors (Lipinski definition) is 11. The Hall–Kier alpha value is -5.35. The molecule has 11 N–H and O–H groups in total. The third-order valence-electron chi connectivity index (χ3n) is 22.4. The fourth-order valence-corrected chi connectivity index (χ4v) is 18.5. The van der Waals surface area contributed by atoms with Crippen molar-refractivity contribution < 1.29 is 77.8 Å². The average Bonchev–Trinajstić information content (AvgIpc) is 1.67. The molecular weight excluding hydrogens is 1190 g/mol. The van der Waals surface area contributed by atoms with Gasteiger partial charge in [0.2, 0.25) is 10.0 Å². The zero-order valence-corrected chi connectivity index (χ0v) is 54.1. The molecule has 18 atom stereocenters. The van der Waals surface area contributed by atoms with Crippen LogP contribution in [-0.2, 0) is 66.0 Å². The molecule has 3 aliphatic heterocycles. The molecule has 1 amide bonds. The number of fused-ring (bicyclic) bond motifs is 8. The number of piperidine rings is 1. The summed E-state index contributed by atoms with van der Waals surface area (Å²) in [6.07, 6.45) is 0.434. The summed E-state index contributed by atoms with van der Waals surface area (Å²) >= 11 is 0. The van der Waals surface area contributed by atoms with Crippen molar-refractivity contribution in [2.24, 2.45) is 41.5 Å². The predicted molar refractivity (Wildman–Crippen MR) is 339 cm³/mol. The van der Waals surface area contributed by atoms with Crippen molar-refractivity contribution >= 4 is 43.9 Å². The van der Waals surface area contributed by atoms with Crippen LogP contribution in [0.2, 0.25) is 0 Å². The highest BCUT2D eigenvalue weighted by atomic mass is 32.2. The smallest absolute Gasteiger partial charge is 0.407 e. The van der Waals surface area contributed by atoms with Crippen LogP contribution in [0.1, 0.15) is 98.9 Å². The number of aryl methyl sites for hydroxylation is 1. The first-order valence-corrected chi connectivity index (χ1v) is 33.9. The monoisotopic (exact) mass is 1280 g/mol. The molecule has 13 rings (SSSR count). The molecule has 3 aromatic carbocycles. The molecule has 22 nitrogen and oxygen atoms in total. The van der Waals surface area contributed by atoms with Crippen LogP contribution in [-0.4, -0.2) is 208 Å². The third-order valence-corrected chi connectivity index (χ3v) is 23.7. The number of amides is 1. The molecule has 91 heavy (non-hydrogen) atoms. The van der Waals surface area contributed by atoms with Gasteiger partial charge in [0.25, 0.3) is 0 Å². The molecule has 2 aromatic heterocycles. The van der Waals surface area contributed by atoms with Gasteiger partial charge < -0.3 is 84.5 Å². The number of aliphatic hydroxyl groups is 8. The van der Waals surface area contributed by atoms with Crippen LogP contribution >= 0.6 is 0 Å². The van der Waals surface area contributed by atoms with E-state index in [9.17, 15) is 58.9 Å². The Morgan fingerprint density at radius 3 is 2.42 bits per heavy atom. The lowest BCUT2D eigenvalue weighted by atomic mass is 9.40. The highest BCUT2D eigenvalue weighted by Gasteiger charge is 2.75. The highest BCUT2D eigenvalue weighted by molar-refractivity contribution is 7.88. The summed E-state index contributed by atoms with van der Waals surface area (Å²) in [5.41, 5.74) is 3.88. The SMILES string of the molecule is CN1C[C@H](CNC(=O)OCc2ccccc2)C[C@@H]2c3cccc4c3c(cn4C)C[C@H]21.CNS(=O)(=O)Cc1ccc2[nH]cc(CCN(C)C)c2c1.C[C@@H]1O[C@@H](O[C@H]2C[C@@H](O)[C@]3(CO)[C@H]4[C@H](O)C[C@]5(C)[C@@H](C6=CC(=O)OC6)CC[C@]5(O)[C@@H]4CC[C@]3(O)C2)[C@H](O)[C@H](O)[C@H]1O. The lowest BCUT2D eigenvalue weighted by Crippen LogP contribution is -2.76. The van der Waals surface area contributed by atoms with Crippen LogP contribution in [0.15, 0.2) is 90.8 Å². The number of carbonyl (C=O) groups excluding carboxylic acids is 2. The molecule has 5 heterocycles. The van der Waals surface area contributed by atoms with E-state index in [-0.39, 0.29) is 50.1 Å². The number of H-pyrrole nitrogens is 1. The van der Waals surface area contributed by atoms with Gasteiger partial charge in [-0.05, 0) is 156 Å². The predicted octanol–water partition coefficient (Wildman–Crippen LogP) is 3.87. The fourth-order valence-electron chi connectivity index (χ4n) is 17.7. The van der Waals surface area contributed by atoms with Crippen molar-refractivity contribution in [3.8, 4) is 0 Å². The van der Waals surface area contributed by atoms with Crippen molar-refractivity contribution in [1.82, 2.24) is 29.4 Å². The van der Waals surface area contributed by atoms with E-state index in [2.05, 4.69) is 67.9 Å². The minimum absolute atomic E-state index is 0.0116. The van der Waals surface area contributed by atoms with Gasteiger partial charge in [-0.2, -0.15) is 0 Å². The number of benzene rings is 3. The summed E-state index contributed by atoms with van der Waals surface area (Å²) in [5.74, 6) is -0.993.